The summed E-state index contributed by atoms with van der Waals surface area (Å²) in [5, 5.41) is 15.1. The van der Waals surface area contributed by atoms with Gasteiger partial charge in [-0.3, -0.25) is 9.59 Å². The minimum absolute atomic E-state index is 0.135. The van der Waals surface area contributed by atoms with Crippen molar-refractivity contribution in [2.24, 2.45) is 0 Å². The monoisotopic (exact) mass is 548 g/mol. The number of para-hydroxylation sites is 1. The van der Waals surface area contributed by atoms with Crippen LogP contribution in [-0.2, 0) is 21.6 Å². The van der Waals surface area contributed by atoms with E-state index in [0.717, 1.165) is 16.8 Å². The smallest absolute Gasteiger partial charge is 0.245 e. The number of carbonyl (C=O) groups excluding carboxylic acids is 2. The highest BCUT2D eigenvalue weighted by atomic mass is 35.5. The van der Waals surface area contributed by atoms with E-state index < -0.39 is 11.6 Å². The molecule has 3 rings (SSSR count). The molecule has 202 valence electrons. The van der Waals surface area contributed by atoms with Crippen molar-refractivity contribution in [1.29, 1.82) is 0 Å². The van der Waals surface area contributed by atoms with Crippen molar-refractivity contribution in [3.63, 3.8) is 0 Å². The molecule has 0 unspecified atom stereocenters. The lowest BCUT2D eigenvalue weighted by molar-refractivity contribution is -0.136. The first kappa shape index (κ1) is 29.2. The third kappa shape index (κ3) is 7.38. The van der Waals surface area contributed by atoms with E-state index in [0.29, 0.717) is 49.1 Å². The molecule has 2 aromatic carbocycles. The minimum atomic E-state index is -0.886. The van der Waals surface area contributed by atoms with Crippen LogP contribution in [0.1, 0.15) is 37.8 Å². The van der Waals surface area contributed by atoms with Gasteiger partial charge in [0.25, 0.3) is 0 Å². The molecule has 7 nitrogen and oxygen atoms in total. The van der Waals surface area contributed by atoms with Gasteiger partial charge in [0.05, 0.1) is 12.1 Å². The number of likely N-dealkylation sites (N-methyl/N-ethyl adjacent to an activating group) is 1. The molecule has 1 fully saturated rings. The molecule has 1 atom stereocenters. The molecule has 0 bridgehead atoms. The van der Waals surface area contributed by atoms with Gasteiger partial charge in [-0.2, -0.15) is 0 Å². The van der Waals surface area contributed by atoms with Gasteiger partial charge in [0.15, 0.2) is 0 Å². The minimum Gasteiger partial charge on any atom is -0.385 e. The van der Waals surface area contributed by atoms with Gasteiger partial charge in [0.1, 0.15) is 6.04 Å². The number of rotatable bonds is 10. The number of piperazine rings is 1. The van der Waals surface area contributed by atoms with Crippen molar-refractivity contribution in [2.75, 3.05) is 51.7 Å². The SMILES string of the molecule is CCC(O)(CC)c1ccccc1N1CCN(C(=O)[C@@H](Cc2ccc(Cl)cc2Cl)NC(=O)CN(C)C)CC1. The van der Waals surface area contributed by atoms with Crippen molar-refractivity contribution in [1.82, 2.24) is 15.1 Å². The summed E-state index contributed by atoms with van der Waals surface area (Å²) in [5.74, 6) is -0.357. The fourth-order valence-electron chi connectivity index (χ4n) is 4.80. The molecule has 0 spiro atoms. The van der Waals surface area contributed by atoms with E-state index in [1.165, 1.54) is 0 Å². The standard InChI is InChI=1S/C28H38Cl2N4O3/c1-5-28(37,6-2)22-9-7-8-10-25(22)33-13-15-34(16-14-33)27(36)24(31-26(35)19-32(3)4)17-20-11-12-21(29)18-23(20)30/h7-12,18,24,37H,5-6,13-17,19H2,1-4H3,(H,31,35)/t24-/m1/s1. The van der Waals surface area contributed by atoms with Crippen LogP contribution in [0.5, 0.6) is 0 Å². The summed E-state index contributed by atoms with van der Waals surface area (Å²) in [6.45, 7) is 6.46. The Morgan fingerprint density at radius 2 is 1.70 bits per heavy atom. The second-order valence-electron chi connectivity index (χ2n) is 9.87. The molecule has 1 saturated heterocycles. The summed E-state index contributed by atoms with van der Waals surface area (Å²) >= 11 is 12.4. The van der Waals surface area contributed by atoms with Crippen LogP contribution in [0.2, 0.25) is 10.0 Å². The third-order valence-electron chi connectivity index (χ3n) is 7.04. The average molecular weight is 550 g/mol. The van der Waals surface area contributed by atoms with Crippen molar-refractivity contribution in [3.05, 3.63) is 63.6 Å². The van der Waals surface area contributed by atoms with Crippen LogP contribution in [-0.4, -0.2) is 79.6 Å². The number of hydrogen-bond acceptors (Lipinski definition) is 5. The second-order valence-corrected chi connectivity index (χ2v) is 10.7. The van der Waals surface area contributed by atoms with Gasteiger partial charge in [0.2, 0.25) is 11.8 Å². The summed E-state index contributed by atoms with van der Waals surface area (Å²) in [6, 6.07) is 12.4. The van der Waals surface area contributed by atoms with Crippen molar-refractivity contribution in [2.45, 2.75) is 44.8 Å². The van der Waals surface area contributed by atoms with Crippen LogP contribution in [0.3, 0.4) is 0 Å². The van der Waals surface area contributed by atoms with Gasteiger partial charge in [-0.15, -0.1) is 0 Å². The van der Waals surface area contributed by atoms with Gasteiger partial charge < -0.3 is 25.1 Å². The molecule has 0 radical (unpaired) electrons. The Hall–Kier alpha value is -2.32. The maximum Gasteiger partial charge on any atom is 0.245 e. The molecule has 1 aliphatic rings. The number of nitrogens with one attached hydrogen (secondary N) is 1. The maximum absolute atomic E-state index is 13.6. The van der Waals surface area contributed by atoms with Crippen molar-refractivity contribution < 1.29 is 14.7 Å². The first-order valence-electron chi connectivity index (χ1n) is 12.8. The number of carbonyl (C=O) groups is 2. The predicted molar refractivity (Wildman–Crippen MR) is 150 cm³/mol. The predicted octanol–water partition coefficient (Wildman–Crippen LogP) is 3.94. The van der Waals surface area contributed by atoms with Crippen LogP contribution in [0.25, 0.3) is 0 Å². The van der Waals surface area contributed by atoms with E-state index in [2.05, 4.69) is 10.2 Å². The number of amides is 2. The average Bonchev–Trinajstić information content (AvgIpc) is 2.88. The molecular weight excluding hydrogens is 511 g/mol. The Morgan fingerprint density at radius 1 is 1.05 bits per heavy atom. The van der Waals surface area contributed by atoms with Gasteiger partial charge in [-0.1, -0.05) is 61.3 Å². The lowest BCUT2D eigenvalue weighted by atomic mass is 9.87. The lowest BCUT2D eigenvalue weighted by Crippen LogP contribution is -2.56. The number of halogens is 2. The molecule has 9 heteroatoms. The highest BCUT2D eigenvalue weighted by Crippen LogP contribution is 2.36. The van der Waals surface area contributed by atoms with Crippen molar-refractivity contribution >= 4 is 40.7 Å². The molecule has 1 heterocycles. The molecule has 2 aromatic rings. The topological polar surface area (TPSA) is 76.1 Å². The van der Waals surface area contributed by atoms with E-state index >= 15 is 0 Å². The summed E-state index contributed by atoms with van der Waals surface area (Å²) in [6.07, 6.45) is 1.53. The van der Waals surface area contributed by atoms with E-state index in [9.17, 15) is 14.7 Å². The first-order chi connectivity index (χ1) is 17.6. The largest absolute Gasteiger partial charge is 0.385 e. The number of nitrogens with zero attached hydrogens (tertiary/aromatic N) is 3. The fraction of sp³-hybridized carbons (Fsp3) is 0.500. The van der Waals surface area contributed by atoms with Gasteiger partial charge in [-0.05, 0) is 50.7 Å². The van der Waals surface area contributed by atoms with E-state index in [4.69, 9.17) is 23.2 Å². The zero-order valence-electron chi connectivity index (χ0n) is 22.1. The lowest BCUT2D eigenvalue weighted by Gasteiger charge is -2.40. The number of anilines is 1. The molecule has 0 aliphatic carbocycles. The summed E-state index contributed by atoms with van der Waals surface area (Å²) in [7, 11) is 3.61. The van der Waals surface area contributed by atoms with E-state index in [1.807, 2.05) is 52.2 Å². The quantitative estimate of drug-likeness (QED) is 0.470. The summed E-state index contributed by atoms with van der Waals surface area (Å²) in [5.41, 5.74) is 1.79. The van der Waals surface area contributed by atoms with Gasteiger partial charge >= 0.3 is 0 Å². The normalized spacial score (nSPS) is 15.1. The van der Waals surface area contributed by atoms with Crippen LogP contribution in [0, 0.1) is 0 Å². The Labute approximate surface area is 230 Å². The van der Waals surface area contributed by atoms with Crippen LogP contribution in [0.4, 0.5) is 5.69 Å². The zero-order valence-corrected chi connectivity index (χ0v) is 23.6. The number of aliphatic hydroxyl groups is 1. The summed E-state index contributed by atoms with van der Waals surface area (Å²) < 4.78 is 0. The maximum atomic E-state index is 13.6. The molecule has 2 amide bonds. The molecule has 1 aliphatic heterocycles. The van der Waals surface area contributed by atoms with Crippen LogP contribution >= 0.6 is 23.2 Å². The first-order valence-corrected chi connectivity index (χ1v) is 13.6. The Balaban J connectivity index is 1.76. The Morgan fingerprint density at radius 3 is 2.30 bits per heavy atom. The second kappa shape index (κ2) is 13.0. The zero-order chi connectivity index (χ0) is 27.2. The molecular formula is C28H38Cl2N4O3. The van der Waals surface area contributed by atoms with E-state index in [-0.39, 0.29) is 24.8 Å². The Bertz CT molecular complexity index is 1080. The fourth-order valence-corrected chi connectivity index (χ4v) is 5.28. The number of hydrogen-bond donors (Lipinski definition) is 2. The molecule has 2 N–H and O–H groups in total. The summed E-state index contributed by atoms with van der Waals surface area (Å²) in [4.78, 5) is 32.0. The Kier molecular flexibility index (Phi) is 10.2. The molecule has 0 saturated carbocycles. The third-order valence-corrected chi connectivity index (χ3v) is 7.63. The highest BCUT2D eigenvalue weighted by Gasteiger charge is 2.33. The van der Waals surface area contributed by atoms with Crippen LogP contribution in [0.15, 0.2) is 42.5 Å². The molecule has 37 heavy (non-hydrogen) atoms. The molecule has 0 aromatic heterocycles. The van der Waals surface area contributed by atoms with Crippen LogP contribution < -0.4 is 10.2 Å². The van der Waals surface area contributed by atoms with E-state index in [1.54, 1.807) is 28.0 Å². The van der Waals surface area contributed by atoms with Gasteiger partial charge in [-0.25, -0.2) is 0 Å². The van der Waals surface area contributed by atoms with Crippen molar-refractivity contribution in [3.8, 4) is 0 Å². The number of benzene rings is 2. The highest BCUT2D eigenvalue weighted by molar-refractivity contribution is 6.35. The van der Waals surface area contributed by atoms with Gasteiger partial charge in [0, 0.05) is 53.9 Å².